The van der Waals surface area contributed by atoms with E-state index in [-0.39, 0.29) is 11.9 Å². The van der Waals surface area contributed by atoms with Gasteiger partial charge in [-0.1, -0.05) is 27.7 Å². The summed E-state index contributed by atoms with van der Waals surface area (Å²) in [7, 11) is 1.86. The summed E-state index contributed by atoms with van der Waals surface area (Å²) in [6, 6.07) is -0.00804. The molecule has 15 heavy (non-hydrogen) atoms. The van der Waals surface area contributed by atoms with Crippen LogP contribution in [0.5, 0.6) is 0 Å². The largest absolute Gasteiger partial charge is 0.341 e. The van der Waals surface area contributed by atoms with E-state index in [9.17, 15) is 4.79 Å². The fraction of sp³-hybridized carbons (Fsp3) is 0.917. The lowest BCUT2D eigenvalue weighted by molar-refractivity contribution is -0.133. The van der Waals surface area contributed by atoms with E-state index in [1.165, 1.54) is 0 Å². The molecule has 3 heteroatoms. The van der Waals surface area contributed by atoms with E-state index >= 15 is 0 Å². The van der Waals surface area contributed by atoms with E-state index < -0.39 is 0 Å². The van der Waals surface area contributed by atoms with Gasteiger partial charge in [0.15, 0.2) is 0 Å². The maximum atomic E-state index is 11.9. The minimum Gasteiger partial charge on any atom is -0.341 e. The summed E-state index contributed by atoms with van der Waals surface area (Å²) in [6.45, 7) is 8.38. The molecule has 0 aromatic carbocycles. The number of likely N-dealkylation sites (N-methyl/N-ethyl adjacent to an activating group) is 1. The van der Waals surface area contributed by atoms with Crippen molar-refractivity contribution in [2.45, 2.75) is 59.0 Å². The highest BCUT2D eigenvalue weighted by Gasteiger charge is 2.22. The number of hydrogen-bond donors (Lipinski definition) is 1. The van der Waals surface area contributed by atoms with Crippen LogP contribution in [0.15, 0.2) is 0 Å². The van der Waals surface area contributed by atoms with E-state index in [4.69, 9.17) is 5.73 Å². The Bertz CT molecular complexity index is 188. The minimum absolute atomic E-state index is 0.0809. The average Bonchev–Trinajstić information content (AvgIpc) is 2.17. The monoisotopic (exact) mass is 214 g/mol. The third-order valence-electron chi connectivity index (χ3n) is 2.88. The molecular formula is C12H26N2O. The zero-order valence-corrected chi connectivity index (χ0v) is 10.8. The molecule has 0 aromatic heterocycles. The van der Waals surface area contributed by atoms with E-state index in [0.717, 1.165) is 19.3 Å². The minimum atomic E-state index is -0.337. The fourth-order valence-corrected chi connectivity index (χ4v) is 1.89. The zero-order valence-electron chi connectivity index (χ0n) is 10.8. The molecule has 0 rings (SSSR count). The maximum Gasteiger partial charge on any atom is 0.239 e. The van der Waals surface area contributed by atoms with Gasteiger partial charge in [-0.05, 0) is 25.2 Å². The molecule has 1 atom stereocenters. The Morgan fingerprint density at radius 1 is 1.27 bits per heavy atom. The quantitative estimate of drug-likeness (QED) is 0.735. The number of carbonyl (C=O) groups excluding carboxylic acids is 1. The lowest BCUT2D eigenvalue weighted by Crippen LogP contribution is -2.46. The first-order valence-corrected chi connectivity index (χ1v) is 5.96. The van der Waals surface area contributed by atoms with E-state index in [1.807, 2.05) is 11.9 Å². The molecule has 0 aromatic rings. The van der Waals surface area contributed by atoms with Crippen molar-refractivity contribution in [2.75, 3.05) is 7.05 Å². The highest BCUT2D eigenvalue weighted by atomic mass is 16.2. The van der Waals surface area contributed by atoms with Crippen LogP contribution >= 0.6 is 0 Å². The van der Waals surface area contributed by atoms with Crippen LogP contribution in [-0.2, 0) is 4.79 Å². The van der Waals surface area contributed by atoms with Crippen LogP contribution in [0.25, 0.3) is 0 Å². The standard InChI is InChI=1S/C12H26N2O/c1-6-10(7-2)14(5)12(15)11(13)8-9(3)4/h9-11H,6-8,13H2,1-5H3. The van der Waals surface area contributed by atoms with E-state index in [1.54, 1.807) is 0 Å². The van der Waals surface area contributed by atoms with Crippen LogP contribution in [0.3, 0.4) is 0 Å². The molecule has 0 heterocycles. The van der Waals surface area contributed by atoms with Crippen LogP contribution in [-0.4, -0.2) is 29.9 Å². The third kappa shape index (κ3) is 4.65. The van der Waals surface area contributed by atoms with Crippen LogP contribution in [0.4, 0.5) is 0 Å². The Hall–Kier alpha value is -0.570. The second kappa shape index (κ2) is 6.83. The Morgan fingerprint density at radius 3 is 2.07 bits per heavy atom. The first kappa shape index (κ1) is 14.4. The number of nitrogens with two attached hydrogens (primary N) is 1. The van der Waals surface area contributed by atoms with Gasteiger partial charge in [0.1, 0.15) is 0 Å². The van der Waals surface area contributed by atoms with E-state index in [2.05, 4.69) is 27.7 Å². The van der Waals surface area contributed by atoms with Crippen molar-refractivity contribution in [1.82, 2.24) is 4.90 Å². The Labute approximate surface area is 94.0 Å². The highest BCUT2D eigenvalue weighted by Crippen LogP contribution is 2.10. The van der Waals surface area contributed by atoms with Gasteiger partial charge in [-0.2, -0.15) is 0 Å². The molecule has 0 aliphatic rings. The molecule has 3 nitrogen and oxygen atoms in total. The second-order valence-corrected chi connectivity index (χ2v) is 4.66. The fourth-order valence-electron chi connectivity index (χ4n) is 1.89. The molecule has 2 N–H and O–H groups in total. The van der Waals surface area contributed by atoms with Gasteiger partial charge in [-0.3, -0.25) is 4.79 Å². The van der Waals surface area contributed by atoms with Gasteiger partial charge in [0.2, 0.25) is 5.91 Å². The number of hydrogen-bond acceptors (Lipinski definition) is 2. The number of rotatable bonds is 6. The normalized spacial score (nSPS) is 13.3. The summed E-state index contributed by atoms with van der Waals surface area (Å²) in [5.41, 5.74) is 5.88. The van der Waals surface area contributed by atoms with Gasteiger partial charge < -0.3 is 10.6 Å². The molecule has 1 amide bonds. The molecule has 0 saturated heterocycles. The smallest absolute Gasteiger partial charge is 0.239 e. The summed E-state index contributed by atoms with van der Waals surface area (Å²) in [4.78, 5) is 13.8. The molecule has 0 radical (unpaired) electrons. The molecule has 0 spiro atoms. The maximum absolute atomic E-state index is 11.9. The molecule has 90 valence electrons. The predicted molar refractivity (Wildman–Crippen MR) is 64.6 cm³/mol. The lowest BCUT2D eigenvalue weighted by atomic mass is 10.0. The Kier molecular flexibility index (Phi) is 6.57. The summed E-state index contributed by atoms with van der Waals surface area (Å²) >= 11 is 0. The van der Waals surface area contributed by atoms with Gasteiger partial charge in [-0.25, -0.2) is 0 Å². The second-order valence-electron chi connectivity index (χ2n) is 4.66. The summed E-state index contributed by atoms with van der Waals surface area (Å²) in [6.07, 6.45) is 2.75. The Morgan fingerprint density at radius 2 is 1.73 bits per heavy atom. The van der Waals surface area contributed by atoms with Crippen molar-refractivity contribution in [1.29, 1.82) is 0 Å². The van der Waals surface area contributed by atoms with Crippen molar-refractivity contribution in [2.24, 2.45) is 11.7 Å². The first-order valence-electron chi connectivity index (χ1n) is 5.96. The van der Waals surface area contributed by atoms with Gasteiger partial charge in [-0.15, -0.1) is 0 Å². The molecule has 0 bridgehead atoms. The topological polar surface area (TPSA) is 46.3 Å². The average molecular weight is 214 g/mol. The summed E-state index contributed by atoms with van der Waals surface area (Å²) in [5, 5.41) is 0. The van der Waals surface area contributed by atoms with Crippen LogP contribution in [0, 0.1) is 5.92 Å². The molecule has 0 aliphatic heterocycles. The third-order valence-corrected chi connectivity index (χ3v) is 2.88. The van der Waals surface area contributed by atoms with Crippen LogP contribution in [0.1, 0.15) is 47.0 Å². The SMILES string of the molecule is CCC(CC)N(C)C(=O)C(N)CC(C)C. The predicted octanol–water partition coefficient (Wildman–Crippen LogP) is 2.01. The van der Waals surface area contributed by atoms with Gasteiger partial charge in [0.25, 0.3) is 0 Å². The number of nitrogens with zero attached hydrogens (tertiary/aromatic N) is 1. The highest BCUT2D eigenvalue weighted by molar-refractivity contribution is 5.81. The van der Waals surface area contributed by atoms with Gasteiger partial charge in [0, 0.05) is 13.1 Å². The first-order chi connectivity index (χ1) is 6.93. The molecule has 0 aliphatic carbocycles. The van der Waals surface area contributed by atoms with Crippen LogP contribution < -0.4 is 5.73 Å². The summed E-state index contributed by atoms with van der Waals surface area (Å²) in [5.74, 6) is 0.552. The van der Waals surface area contributed by atoms with Crippen molar-refractivity contribution in [3.05, 3.63) is 0 Å². The lowest BCUT2D eigenvalue weighted by Gasteiger charge is -2.29. The number of amides is 1. The van der Waals surface area contributed by atoms with E-state index in [0.29, 0.717) is 12.0 Å². The number of carbonyl (C=O) groups is 1. The molecule has 1 unspecified atom stereocenters. The van der Waals surface area contributed by atoms with Gasteiger partial charge >= 0.3 is 0 Å². The molecular weight excluding hydrogens is 188 g/mol. The van der Waals surface area contributed by atoms with Gasteiger partial charge in [0.05, 0.1) is 6.04 Å². The van der Waals surface area contributed by atoms with Crippen LogP contribution in [0.2, 0.25) is 0 Å². The summed E-state index contributed by atoms with van der Waals surface area (Å²) < 4.78 is 0. The van der Waals surface area contributed by atoms with Crippen molar-refractivity contribution < 1.29 is 4.79 Å². The Balaban J connectivity index is 4.29. The van der Waals surface area contributed by atoms with Crippen molar-refractivity contribution in [3.8, 4) is 0 Å². The molecule has 0 saturated carbocycles. The van der Waals surface area contributed by atoms with Crippen molar-refractivity contribution in [3.63, 3.8) is 0 Å². The van der Waals surface area contributed by atoms with Crippen molar-refractivity contribution >= 4 is 5.91 Å². The molecule has 0 fully saturated rings. The zero-order chi connectivity index (χ0) is 12.0.